The van der Waals surface area contributed by atoms with E-state index in [-0.39, 0.29) is 12.4 Å². The van der Waals surface area contributed by atoms with Crippen molar-refractivity contribution in [3.8, 4) is 5.75 Å². The standard InChI is InChI=1S/C15H23NO.ClH/c1-11(2)12-7-8-15(17-3)13(10-12)14-6-4-5-9-16-14;/h7-8,10-11,14,16H,4-6,9H2,1-3H3;1H/t14-;/m1./s1. The molecule has 0 spiro atoms. The molecule has 0 amide bonds. The number of hydrogen-bond donors (Lipinski definition) is 1. The monoisotopic (exact) mass is 269 g/mol. The van der Waals surface area contributed by atoms with Gasteiger partial charge in [-0.2, -0.15) is 0 Å². The second kappa shape index (κ2) is 7.01. The maximum absolute atomic E-state index is 5.49. The van der Waals surface area contributed by atoms with E-state index in [1.54, 1.807) is 7.11 Å². The lowest BCUT2D eigenvalue weighted by Gasteiger charge is -2.26. The van der Waals surface area contributed by atoms with Crippen LogP contribution in [0.4, 0.5) is 0 Å². The van der Waals surface area contributed by atoms with Crippen LogP contribution >= 0.6 is 12.4 Å². The molecule has 0 unspecified atom stereocenters. The average Bonchev–Trinajstić information content (AvgIpc) is 2.39. The Hall–Kier alpha value is -0.730. The molecular formula is C15H24ClNO. The second-order valence-corrected chi connectivity index (χ2v) is 5.16. The summed E-state index contributed by atoms with van der Waals surface area (Å²) in [7, 11) is 1.76. The Morgan fingerprint density at radius 1 is 1.28 bits per heavy atom. The highest BCUT2D eigenvalue weighted by atomic mass is 35.5. The normalized spacial score (nSPS) is 19.4. The van der Waals surface area contributed by atoms with Gasteiger partial charge in [0.2, 0.25) is 0 Å². The Bertz CT molecular complexity index is 373. The van der Waals surface area contributed by atoms with Crippen molar-refractivity contribution in [2.24, 2.45) is 0 Å². The van der Waals surface area contributed by atoms with Crippen molar-refractivity contribution in [3.05, 3.63) is 29.3 Å². The molecule has 0 radical (unpaired) electrons. The van der Waals surface area contributed by atoms with Gasteiger partial charge in [0.25, 0.3) is 0 Å². The lowest BCUT2D eigenvalue weighted by molar-refractivity contribution is 0.373. The molecule has 0 aromatic heterocycles. The molecule has 1 saturated heterocycles. The summed E-state index contributed by atoms with van der Waals surface area (Å²) in [5, 5.41) is 3.60. The van der Waals surface area contributed by atoms with Gasteiger partial charge in [0.05, 0.1) is 7.11 Å². The first-order chi connectivity index (χ1) is 8.22. The van der Waals surface area contributed by atoms with Crippen molar-refractivity contribution in [3.63, 3.8) is 0 Å². The van der Waals surface area contributed by atoms with Crippen molar-refractivity contribution in [2.75, 3.05) is 13.7 Å². The maximum atomic E-state index is 5.49. The van der Waals surface area contributed by atoms with Gasteiger partial charge >= 0.3 is 0 Å². The zero-order valence-corrected chi connectivity index (χ0v) is 12.3. The van der Waals surface area contributed by atoms with E-state index in [0.717, 1.165) is 12.3 Å². The first-order valence-electron chi connectivity index (χ1n) is 6.63. The lowest BCUT2D eigenvalue weighted by Crippen LogP contribution is -2.27. The first kappa shape index (κ1) is 15.3. The van der Waals surface area contributed by atoms with Crippen molar-refractivity contribution >= 4 is 12.4 Å². The summed E-state index contributed by atoms with van der Waals surface area (Å²) in [6.45, 7) is 5.60. The van der Waals surface area contributed by atoms with E-state index in [2.05, 4.69) is 37.4 Å². The molecule has 1 fully saturated rings. The molecule has 102 valence electrons. The molecule has 3 heteroatoms. The number of halogens is 1. The molecule has 0 aliphatic carbocycles. The SMILES string of the molecule is COc1ccc(C(C)C)cc1[C@H]1CCCCN1.Cl. The van der Waals surface area contributed by atoms with Gasteiger partial charge in [0.1, 0.15) is 5.75 Å². The number of hydrogen-bond acceptors (Lipinski definition) is 2. The highest BCUT2D eigenvalue weighted by Gasteiger charge is 2.19. The van der Waals surface area contributed by atoms with Gasteiger partial charge < -0.3 is 10.1 Å². The van der Waals surface area contributed by atoms with E-state index in [1.807, 2.05) is 0 Å². The van der Waals surface area contributed by atoms with Crippen LogP contribution in [0, 0.1) is 0 Å². The van der Waals surface area contributed by atoms with Gasteiger partial charge in [-0.15, -0.1) is 12.4 Å². The van der Waals surface area contributed by atoms with Crippen LogP contribution in [0.15, 0.2) is 18.2 Å². The zero-order valence-electron chi connectivity index (χ0n) is 11.5. The summed E-state index contributed by atoms with van der Waals surface area (Å²) in [6, 6.07) is 7.07. The minimum absolute atomic E-state index is 0. The fourth-order valence-corrected chi connectivity index (χ4v) is 2.50. The van der Waals surface area contributed by atoms with Crippen molar-refractivity contribution in [1.29, 1.82) is 0 Å². The van der Waals surface area contributed by atoms with E-state index < -0.39 is 0 Å². The molecule has 1 heterocycles. The molecule has 18 heavy (non-hydrogen) atoms. The van der Waals surface area contributed by atoms with Gasteiger partial charge in [0, 0.05) is 11.6 Å². The smallest absolute Gasteiger partial charge is 0.123 e. The lowest BCUT2D eigenvalue weighted by atomic mass is 9.92. The Kier molecular flexibility index (Phi) is 5.97. The van der Waals surface area contributed by atoms with Gasteiger partial charge in [-0.05, 0) is 36.9 Å². The highest BCUT2D eigenvalue weighted by Crippen LogP contribution is 2.32. The number of rotatable bonds is 3. The van der Waals surface area contributed by atoms with Crippen LogP contribution in [0.25, 0.3) is 0 Å². The van der Waals surface area contributed by atoms with Crippen LogP contribution in [-0.2, 0) is 0 Å². The van der Waals surface area contributed by atoms with Gasteiger partial charge in [-0.3, -0.25) is 0 Å². The number of ether oxygens (including phenoxy) is 1. The van der Waals surface area contributed by atoms with Crippen LogP contribution in [-0.4, -0.2) is 13.7 Å². The predicted octanol–water partition coefficient (Wildman–Crippen LogP) is 4.06. The topological polar surface area (TPSA) is 21.3 Å². The molecule has 1 aliphatic heterocycles. The molecule has 1 atom stereocenters. The number of benzene rings is 1. The van der Waals surface area contributed by atoms with Crippen molar-refractivity contribution in [1.82, 2.24) is 5.32 Å². The summed E-state index contributed by atoms with van der Waals surface area (Å²) < 4.78 is 5.49. The number of nitrogens with one attached hydrogen (secondary N) is 1. The summed E-state index contributed by atoms with van der Waals surface area (Å²) >= 11 is 0. The number of piperidine rings is 1. The van der Waals surface area contributed by atoms with Crippen molar-refractivity contribution < 1.29 is 4.74 Å². The van der Waals surface area contributed by atoms with Crippen LogP contribution in [0.2, 0.25) is 0 Å². The third kappa shape index (κ3) is 3.39. The second-order valence-electron chi connectivity index (χ2n) is 5.16. The minimum Gasteiger partial charge on any atom is -0.496 e. The van der Waals surface area contributed by atoms with E-state index in [4.69, 9.17) is 4.74 Å². The predicted molar refractivity (Wildman–Crippen MR) is 78.9 cm³/mol. The Morgan fingerprint density at radius 3 is 2.61 bits per heavy atom. The fraction of sp³-hybridized carbons (Fsp3) is 0.600. The van der Waals surface area contributed by atoms with Crippen LogP contribution < -0.4 is 10.1 Å². The van der Waals surface area contributed by atoms with Crippen LogP contribution in [0.3, 0.4) is 0 Å². The fourth-order valence-electron chi connectivity index (χ4n) is 2.50. The van der Waals surface area contributed by atoms with E-state index >= 15 is 0 Å². The average molecular weight is 270 g/mol. The molecule has 1 aliphatic rings. The Morgan fingerprint density at radius 2 is 2.06 bits per heavy atom. The van der Waals surface area contributed by atoms with Gasteiger partial charge in [-0.25, -0.2) is 0 Å². The summed E-state index contributed by atoms with van der Waals surface area (Å²) in [5.74, 6) is 1.59. The summed E-state index contributed by atoms with van der Waals surface area (Å²) in [4.78, 5) is 0. The third-order valence-electron chi connectivity index (χ3n) is 3.61. The zero-order chi connectivity index (χ0) is 12.3. The molecular weight excluding hydrogens is 246 g/mol. The van der Waals surface area contributed by atoms with Crippen LogP contribution in [0.1, 0.15) is 56.2 Å². The van der Waals surface area contributed by atoms with Crippen LogP contribution in [0.5, 0.6) is 5.75 Å². The Balaban J connectivity index is 0.00000162. The summed E-state index contributed by atoms with van der Waals surface area (Å²) in [6.07, 6.45) is 3.83. The maximum Gasteiger partial charge on any atom is 0.123 e. The Labute approximate surface area is 117 Å². The van der Waals surface area contributed by atoms with E-state index in [0.29, 0.717) is 12.0 Å². The highest BCUT2D eigenvalue weighted by molar-refractivity contribution is 5.85. The molecule has 2 nitrogen and oxygen atoms in total. The molecule has 1 N–H and O–H groups in total. The molecule has 1 aromatic rings. The van der Waals surface area contributed by atoms with Gasteiger partial charge in [-0.1, -0.05) is 32.4 Å². The molecule has 1 aromatic carbocycles. The largest absolute Gasteiger partial charge is 0.496 e. The summed E-state index contributed by atoms with van der Waals surface area (Å²) in [5.41, 5.74) is 2.73. The molecule has 0 bridgehead atoms. The van der Waals surface area contributed by atoms with Crippen molar-refractivity contribution in [2.45, 2.75) is 45.1 Å². The van der Waals surface area contributed by atoms with E-state index in [1.165, 1.54) is 30.4 Å². The minimum atomic E-state index is 0. The quantitative estimate of drug-likeness (QED) is 0.894. The van der Waals surface area contributed by atoms with Gasteiger partial charge in [0.15, 0.2) is 0 Å². The number of methoxy groups -OCH3 is 1. The first-order valence-corrected chi connectivity index (χ1v) is 6.63. The third-order valence-corrected chi connectivity index (χ3v) is 3.61. The molecule has 2 rings (SSSR count). The molecule has 0 saturated carbocycles. The van der Waals surface area contributed by atoms with E-state index in [9.17, 15) is 0 Å².